The van der Waals surface area contributed by atoms with Crippen LogP contribution >= 0.6 is 0 Å². The van der Waals surface area contributed by atoms with Crippen LogP contribution < -0.4 is 5.32 Å². The van der Waals surface area contributed by atoms with Gasteiger partial charge in [0.1, 0.15) is 0 Å². The van der Waals surface area contributed by atoms with Crippen LogP contribution in [0.15, 0.2) is 42.5 Å². The van der Waals surface area contributed by atoms with E-state index in [2.05, 4.69) is 48.3 Å². The van der Waals surface area contributed by atoms with Crippen molar-refractivity contribution < 1.29 is 9.53 Å². The number of ether oxygens (including phenoxy) is 1. The van der Waals surface area contributed by atoms with Gasteiger partial charge in [-0.1, -0.05) is 35.9 Å². The summed E-state index contributed by atoms with van der Waals surface area (Å²) >= 11 is 0. The van der Waals surface area contributed by atoms with Gasteiger partial charge in [0.2, 0.25) is 0 Å². The summed E-state index contributed by atoms with van der Waals surface area (Å²) in [5.41, 5.74) is 5.54. The van der Waals surface area contributed by atoms with Gasteiger partial charge in [0, 0.05) is 25.2 Å². The molecule has 1 N–H and O–H groups in total. The Morgan fingerprint density at radius 3 is 2.54 bits per heavy atom. The molecule has 1 aliphatic rings. The maximum atomic E-state index is 12.6. The van der Waals surface area contributed by atoms with E-state index in [4.69, 9.17) is 4.74 Å². The van der Waals surface area contributed by atoms with Crippen LogP contribution in [0.1, 0.15) is 38.7 Å². The topological polar surface area (TPSA) is 41.6 Å². The largest absolute Gasteiger partial charge is 0.379 e. The molecule has 4 heteroatoms. The summed E-state index contributed by atoms with van der Waals surface area (Å²) in [5.74, 6) is -0.0148. The van der Waals surface area contributed by atoms with E-state index in [1.165, 1.54) is 16.7 Å². The fourth-order valence-electron chi connectivity index (χ4n) is 3.40. The van der Waals surface area contributed by atoms with Gasteiger partial charge in [-0.15, -0.1) is 0 Å². The van der Waals surface area contributed by atoms with Gasteiger partial charge in [-0.25, -0.2) is 0 Å². The molecule has 0 saturated carbocycles. The normalized spacial score (nSPS) is 16.3. The third-order valence-electron chi connectivity index (χ3n) is 5.14. The van der Waals surface area contributed by atoms with Gasteiger partial charge in [0.25, 0.3) is 5.91 Å². The number of aryl methyl sites for hydroxylation is 3. The maximum absolute atomic E-state index is 12.6. The molecule has 0 aromatic heterocycles. The first kappa shape index (κ1) is 18.6. The van der Waals surface area contributed by atoms with Crippen LogP contribution in [0.2, 0.25) is 0 Å². The Hall–Kier alpha value is -2.17. The molecule has 1 saturated heterocycles. The lowest BCUT2D eigenvalue weighted by Gasteiger charge is -2.35. The fraction of sp³-hybridized carbons (Fsp3) is 0.409. The first-order valence-electron chi connectivity index (χ1n) is 9.28. The second-order valence-corrected chi connectivity index (χ2v) is 7.09. The monoisotopic (exact) mass is 352 g/mol. The van der Waals surface area contributed by atoms with Gasteiger partial charge >= 0.3 is 0 Å². The first-order valence-corrected chi connectivity index (χ1v) is 9.28. The first-order chi connectivity index (χ1) is 12.5. The zero-order valence-corrected chi connectivity index (χ0v) is 15.9. The molecular weight excluding hydrogens is 324 g/mol. The van der Waals surface area contributed by atoms with Crippen molar-refractivity contribution in [1.82, 2.24) is 10.2 Å². The molecule has 0 spiro atoms. The van der Waals surface area contributed by atoms with Crippen LogP contribution in [0.4, 0.5) is 0 Å². The Bertz CT molecular complexity index is 766. The van der Waals surface area contributed by atoms with Gasteiger partial charge in [-0.2, -0.15) is 0 Å². The smallest absolute Gasteiger partial charge is 0.251 e. The molecule has 2 aromatic rings. The molecule has 4 nitrogen and oxygen atoms in total. The van der Waals surface area contributed by atoms with E-state index in [9.17, 15) is 4.79 Å². The molecule has 1 aliphatic heterocycles. The number of rotatable bonds is 5. The zero-order chi connectivity index (χ0) is 18.5. The summed E-state index contributed by atoms with van der Waals surface area (Å²) in [7, 11) is 0. The molecule has 0 bridgehead atoms. The minimum Gasteiger partial charge on any atom is -0.379 e. The van der Waals surface area contributed by atoms with Crippen molar-refractivity contribution in [3.05, 3.63) is 70.3 Å². The summed E-state index contributed by atoms with van der Waals surface area (Å²) in [6.45, 7) is 10.1. The van der Waals surface area contributed by atoms with E-state index in [0.29, 0.717) is 6.54 Å². The third kappa shape index (κ3) is 4.51. The summed E-state index contributed by atoms with van der Waals surface area (Å²) in [6, 6.07) is 14.6. The molecular formula is C22H28N2O2. The van der Waals surface area contributed by atoms with Gasteiger partial charge in [0.15, 0.2) is 0 Å². The Labute approximate surface area is 156 Å². The predicted octanol–water partition coefficient (Wildman–Crippen LogP) is 3.42. The van der Waals surface area contributed by atoms with Crippen molar-refractivity contribution in [1.29, 1.82) is 0 Å². The van der Waals surface area contributed by atoms with E-state index in [0.717, 1.165) is 37.4 Å². The average molecular weight is 352 g/mol. The third-order valence-corrected chi connectivity index (χ3v) is 5.14. The van der Waals surface area contributed by atoms with Crippen molar-refractivity contribution in [2.75, 3.05) is 32.8 Å². The van der Waals surface area contributed by atoms with Crippen molar-refractivity contribution >= 4 is 5.91 Å². The minimum atomic E-state index is -0.0148. The van der Waals surface area contributed by atoms with Gasteiger partial charge in [-0.3, -0.25) is 9.69 Å². The Balaban J connectivity index is 1.74. The van der Waals surface area contributed by atoms with Crippen LogP contribution in [0.5, 0.6) is 0 Å². The lowest BCUT2D eigenvalue weighted by molar-refractivity contribution is 0.0162. The van der Waals surface area contributed by atoms with Crippen LogP contribution in [-0.2, 0) is 4.74 Å². The molecule has 0 aliphatic carbocycles. The zero-order valence-electron chi connectivity index (χ0n) is 15.9. The fourth-order valence-corrected chi connectivity index (χ4v) is 3.40. The number of nitrogens with one attached hydrogen (secondary N) is 1. The molecule has 3 rings (SSSR count). The highest BCUT2D eigenvalue weighted by Crippen LogP contribution is 2.22. The molecule has 26 heavy (non-hydrogen) atoms. The molecule has 138 valence electrons. The number of nitrogens with zero attached hydrogens (tertiary/aromatic N) is 1. The standard InChI is InChI=1S/C22H28N2O2/c1-16-5-4-6-19(13-16)21(24-9-11-26-12-10-24)15-23-22(25)20-8-7-17(2)18(3)14-20/h4-8,13-14,21H,9-12,15H2,1-3H3,(H,23,25)/t21-/m1/s1. The number of carbonyl (C=O) groups excluding carboxylic acids is 1. The maximum Gasteiger partial charge on any atom is 0.251 e. The number of hydrogen-bond donors (Lipinski definition) is 1. The Kier molecular flexibility index (Phi) is 6.07. The summed E-state index contributed by atoms with van der Waals surface area (Å²) in [4.78, 5) is 15.0. The minimum absolute atomic E-state index is 0.0148. The number of amides is 1. The van der Waals surface area contributed by atoms with Crippen molar-refractivity contribution in [3.8, 4) is 0 Å². The number of carbonyl (C=O) groups is 1. The predicted molar refractivity (Wildman–Crippen MR) is 105 cm³/mol. The number of benzene rings is 2. The molecule has 2 aromatic carbocycles. The number of hydrogen-bond acceptors (Lipinski definition) is 3. The van der Waals surface area contributed by atoms with Gasteiger partial charge in [-0.05, 0) is 49.6 Å². The van der Waals surface area contributed by atoms with E-state index >= 15 is 0 Å². The second kappa shape index (κ2) is 8.47. The molecule has 1 atom stereocenters. The van der Waals surface area contributed by atoms with Gasteiger partial charge in [0.05, 0.1) is 19.3 Å². The quantitative estimate of drug-likeness (QED) is 0.896. The van der Waals surface area contributed by atoms with Crippen LogP contribution in [0, 0.1) is 20.8 Å². The highest BCUT2D eigenvalue weighted by Gasteiger charge is 2.23. The summed E-state index contributed by atoms with van der Waals surface area (Å²) < 4.78 is 5.50. The van der Waals surface area contributed by atoms with E-state index in [1.807, 2.05) is 25.1 Å². The van der Waals surface area contributed by atoms with Crippen LogP contribution in [-0.4, -0.2) is 43.7 Å². The van der Waals surface area contributed by atoms with Crippen molar-refractivity contribution in [2.24, 2.45) is 0 Å². The molecule has 1 heterocycles. The van der Waals surface area contributed by atoms with E-state index in [1.54, 1.807) is 0 Å². The van der Waals surface area contributed by atoms with E-state index < -0.39 is 0 Å². The van der Waals surface area contributed by atoms with Crippen molar-refractivity contribution in [3.63, 3.8) is 0 Å². The summed E-state index contributed by atoms with van der Waals surface area (Å²) in [5, 5.41) is 3.14. The van der Waals surface area contributed by atoms with E-state index in [-0.39, 0.29) is 11.9 Å². The second-order valence-electron chi connectivity index (χ2n) is 7.09. The molecule has 0 radical (unpaired) electrons. The van der Waals surface area contributed by atoms with Crippen LogP contribution in [0.3, 0.4) is 0 Å². The lowest BCUT2D eigenvalue weighted by Crippen LogP contribution is -2.43. The summed E-state index contributed by atoms with van der Waals surface area (Å²) in [6.07, 6.45) is 0. The van der Waals surface area contributed by atoms with Crippen LogP contribution in [0.25, 0.3) is 0 Å². The Morgan fingerprint density at radius 2 is 1.85 bits per heavy atom. The molecule has 0 unspecified atom stereocenters. The SMILES string of the molecule is Cc1cccc([C@@H](CNC(=O)c2ccc(C)c(C)c2)N2CCOCC2)c1. The molecule has 1 fully saturated rings. The highest BCUT2D eigenvalue weighted by atomic mass is 16.5. The number of morpholine rings is 1. The van der Waals surface area contributed by atoms with Crippen molar-refractivity contribution in [2.45, 2.75) is 26.8 Å². The van der Waals surface area contributed by atoms with Gasteiger partial charge < -0.3 is 10.1 Å². The molecule has 1 amide bonds. The Morgan fingerprint density at radius 1 is 1.08 bits per heavy atom. The lowest BCUT2D eigenvalue weighted by atomic mass is 10.0. The average Bonchev–Trinajstić information content (AvgIpc) is 2.65. The highest BCUT2D eigenvalue weighted by molar-refractivity contribution is 5.94.